The minimum absolute atomic E-state index is 0.000311. The van der Waals surface area contributed by atoms with Gasteiger partial charge < -0.3 is 41.6 Å². The molecular weight excluding hydrogens is 741 g/mol. The fourth-order valence-corrected chi connectivity index (χ4v) is 6.95. The molecule has 2 heterocycles. The highest BCUT2D eigenvalue weighted by molar-refractivity contribution is 6.01. The highest BCUT2D eigenvalue weighted by atomic mass is 16.6. The Morgan fingerprint density at radius 2 is 1.59 bits per heavy atom. The number of primary amides is 1. The summed E-state index contributed by atoms with van der Waals surface area (Å²) in [5.74, 6) is -2.35. The Labute approximate surface area is 338 Å². The lowest BCUT2D eigenvalue weighted by Crippen LogP contribution is -2.56. The number of carbonyl (C=O) groups is 6. The number of H-pyrrole nitrogens is 1. The maximum atomic E-state index is 14.0. The Kier molecular flexibility index (Phi) is 14.6. The fourth-order valence-electron chi connectivity index (χ4n) is 6.95. The number of hydrogen-bond donors (Lipinski definition) is 7. The van der Waals surface area contributed by atoms with Gasteiger partial charge in [0.05, 0.1) is 6.04 Å². The van der Waals surface area contributed by atoms with Crippen LogP contribution in [0.3, 0.4) is 0 Å². The molecule has 0 aliphatic carbocycles. The van der Waals surface area contributed by atoms with E-state index >= 15 is 0 Å². The molecule has 308 valence electrons. The molecule has 0 spiro atoms. The van der Waals surface area contributed by atoms with E-state index in [1.807, 2.05) is 79.7 Å². The van der Waals surface area contributed by atoms with E-state index in [2.05, 4.69) is 31.6 Å². The number of nitrogens with one attached hydrogen (secondary N) is 6. The number of carbonyl (C=O) groups excluding carboxylic acids is 6. The summed E-state index contributed by atoms with van der Waals surface area (Å²) >= 11 is 0. The number of likely N-dealkylation sites (tertiary alicyclic amines) is 1. The van der Waals surface area contributed by atoms with E-state index in [1.165, 1.54) is 4.90 Å². The zero-order valence-electron chi connectivity index (χ0n) is 33.4. The molecular formula is C43H54N8O7. The highest BCUT2D eigenvalue weighted by Crippen LogP contribution is 2.21. The number of alkyl carbamates (subject to hydrolysis) is 1. The number of unbranched alkanes of at least 4 members (excludes halogenated alkanes) is 1. The molecule has 3 aromatic carbocycles. The molecule has 1 aromatic heterocycles. The predicted molar refractivity (Wildman–Crippen MR) is 221 cm³/mol. The Morgan fingerprint density at radius 1 is 0.897 bits per heavy atom. The Morgan fingerprint density at radius 3 is 2.31 bits per heavy atom. The van der Waals surface area contributed by atoms with Gasteiger partial charge in [0.25, 0.3) is 0 Å². The van der Waals surface area contributed by atoms with Crippen molar-refractivity contribution in [3.63, 3.8) is 0 Å². The quantitative estimate of drug-likeness (QED) is 0.0767. The van der Waals surface area contributed by atoms with Crippen molar-refractivity contribution >= 4 is 52.3 Å². The molecule has 5 rings (SSSR count). The lowest BCUT2D eigenvalue weighted by Gasteiger charge is -2.27. The molecule has 4 aromatic rings. The number of hydrogen-bond acceptors (Lipinski definition) is 8. The summed E-state index contributed by atoms with van der Waals surface area (Å²) in [5.41, 5.74) is 9.00. The van der Waals surface area contributed by atoms with Crippen LogP contribution in [0.4, 0.5) is 15.3 Å². The number of aromatic amines is 1. The largest absolute Gasteiger partial charge is 0.444 e. The van der Waals surface area contributed by atoms with Crippen LogP contribution in [0.1, 0.15) is 63.1 Å². The molecule has 0 unspecified atom stereocenters. The molecule has 0 radical (unpaired) electrons. The smallest absolute Gasteiger partial charge is 0.408 e. The van der Waals surface area contributed by atoms with Crippen LogP contribution in [0.2, 0.25) is 0 Å². The zero-order valence-corrected chi connectivity index (χ0v) is 33.4. The van der Waals surface area contributed by atoms with Crippen molar-refractivity contribution in [3.8, 4) is 0 Å². The van der Waals surface area contributed by atoms with Gasteiger partial charge in [-0.1, -0.05) is 66.7 Å². The summed E-state index contributed by atoms with van der Waals surface area (Å²) in [5, 5.41) is 14.9. The minimum Gasteiger partial charge on any atom is -0.444 e. The molecule has 4 atom stereocenters. The number of para-hydroxylation sites is 2. The van der Waals surface area contributed by atoms with Crippen molar-refractivity contribution in [1.29, 1.82) is 0 Å². The normalized spacial score (nSPS) is 15.6. The molecule has 58 heavy (non-hydrogen) atoms. The van der Waals surface area contributed by atoms with Gasteiger partial charge in [-0.2, -0.15) is 0 Å². The SMILES string of the molecule is Cc1ccccc1NC(=O)NCCCC[C@H](N[C@@H]1CC(=O)N([C@@H](Cc2ccccc2)C(N)=O)C1)C(=O)NC(=O)[C@H](Cc1c[nH]c2ccccc12)NC(=O)OC(C)(C)C. The van der Waals surface area contributed by atoms with Crippen molar-refractivity contribution in [2.24, 2.45) is 5.73 Å². The number of nitrogens with zero attached hydrogens (tertiary/aromatic N) is 1. The number of fused-ring (bicyclic) bond motifs is 1. The average molecular weight is 795 g/mol. The van der Waals surface area contributed by atoms with Gasteiger partial charge >= 0.3 is 12.1 Å². The van der Waals surface area contributed by atoms with Crippen molar-refractivity contribution in [2.75, 3.05) is 18.4 Å². The van der Waals surface area contributed by atoms with E-state index in [0.29, 0.717) is 25.1 Å². The number of imide groups is 1. The van der Waals surface area contributed by atoms with E-state index in [4.69, 9.17) is 10.5 Å². The zero-order chi connectivity index (χ0) is 41.8. The first-order chi connectivity index (χ1) is 27.7. The van der Waals surface area contributed by atoms with E-state index in [9.17, 15) is 28.8 Å². The van der Waals surface area contributed by atoms with Gasteiger partial charge in [0, 0.05) is 61.2 Å². The maximum Gasteiger partial charge on any atom is 0.408 e. The van der Waals surface area contributed by atoms with Crippen LogP contribution in [0.5, 0.6) is 0 Å². The van der Waals surface area contributed by atoms with Crippen molar-refractivity contribution in [2.45, 2.75) is 96.0 Å². The second-order valence-electron chi connectivity index (χ2n) is 15.6. The number of benzene rings is 3. The van der Waals surface area contributed by atoms with Crippen LogP contribution in [0.25, 0.3) is 10.9 Å². The number of urea groups is 1. The summed E-state index contributed by atoms with van der Waals surface area (Å²) in [7, 11) is 0. The highest BCUT2D eigenvalue weighted by Gasteiger charge is 2.39. The molecule has 1 fully saturated rings. The summed E-state index contributed by atoms with van der Waals surface area (Å²) in [6.07, 6.45) is 2.42. The van der Waals surface area contributed by atoms with Crippen LogP contribution < -0.4 is 32.3 Å². The van der Waals surface area contributed by atoms with Gasteiger partial charge in [-0.15, -0.1) is 0 Å². The third kappa shape index (κ3) is 12.4. The monoisotopic (exact) mass is 794 g/mol. The van der Waals surface area contributed by atoms with Crippen LogP contribution in [0, 0.1) is 6.92 Å². The van der Waals surface area contributed by atoms with E-state index < -0.39 is 53.6 Å². The number of ether oxygens (including phenoxy) is 1. The molecule has 0 bridgehead atoms. The molecule has 7 amide bonds. The molecule has 1 saturated heterocycles. The number of rotatable bonds is 17. The molecule has 1 aliphatic heterocycles. The van der Waals surface area contributed by atoms with Gasteiger partial charge in [-0.3, -0.25) is 24.5 Å². The first-order valence-corrected chi connectivity index (χ1v) is 19.5. The Bertz CT molecular complexity index is 2080. The van der Waals surface area contributed by atoms with E-state index in [1.54, 1.807) is 33.0 Å². The topological polar surface area (TPSA) is 217 Å². The number of amides is 7. The van der Waals surface area contributed by atoms with Crippen LogP contribution in [-0.4, -0.2) is 88.5 Å². The first kappa shape index (κ1) is 42.9. The average Bonchev–Trinajstić information content (AvgIpc) is 3.75. The first-order valence-electron chi connectivity index (χ1n) is 19.5. The third-order valence-corrected chi connectivity index (χ3v) is 9.84. The summed E-state index contributed by atoms with van der Waals surface area (Å²) in [6.45, 7) is 7.43. The lowest BCUT2D eigenvalue weighted by molar-refractivity contribution is -0.136. The van der Waals surface area contributed by atoms with Gasteiger partial charge in [-0.25, -0.2) is 9.59 Å². The standard InChI is InChI=1S/C43H54N8O7/c1-27-14-8-10-18-32(27)48-41(56)45-21-13-12-20-34(47-30-24-37(52)51(26-30)36(38(44)53)22-28-15-6-5-7-16-28)39(54)50-40(55)35(49-42(57)58-43(2,3)4)23-29-25-46-33-19-11-9-17-31(29)33/h5-11,14-19,25,30,34-36,46-47H,12-13,20-24,26H2,1-4H3,(H2,44,53)(H,49,57)(H2,45,48,56)(H,50,54,55)/t30-,34+,35+,36+/m1/s1. The second-order valence-corrected chi connectivity index (χ2v) is 15.6. The summed E-state index contributed by atoms with van der Waals surface area (Å²) < 4.78 is 5.45. The van der Waals surface area contributed by atoms with Crippen LogP contribution >= 0.6 is 0 Å². The molecule has 15 nitrogen and oxygen atoms in total. The third-order valence-electron chi connectivity index (χ3n) is 9.84. The van der Waals surface area contributed by atoms with Crippen molar-refractivity contribution in [3.05, 3.63) is 102 Å². The lowest BCUT2D eigenvalue weighted by atomic mass is 10.0. The Balaban J connectivity index is 1.28. The van der Waals surface area contributed by atoms with Gasteiger partial charge in [-0.05, 0) is 75.8 Å². The predicted octanol–water partition coefficient (Wildman–Crippen LogP) is 4.20. The van der Waals surface area contributed by atoms with E-state index in [0.717, 1.165) is 27.6 Å². The summed E-state index contributed by atoms with van der Waals surface area (Å²) in [6, 6.07) is 20.2. The van der Waals surface area contributed by atoms with E-state index in [-0.39, 0.29) is 44.2 Å². The number of aryl methyl sites for hydroxylation is 1. The molecule has 15 heteroatoms. The number of aromatic nitrogens is 1. The number of anilines is 1. The molecule has 1 aliphatic rings. The van der Waals surface area contributed by atoms with Gasteiger partial charge in [0.2, 0.25) is 23.6 Å². The minimum atomic E-state index is -1.19. The second kappa shape index (κ2) is 19.8. The van der Waals surface area contributed by atoms with Crippen molar-refractivity contribution in [1.82, 2.24) is 31.2 Å². The fraction of sp³-hybridized carbons (Fsp3) is 0.395. The maximum absolute atomic E-state index is 14.0. The molecule has 8 N–H and O–H groups in total. The Hall–Kier alpha value is -6.22. The van der Waals surface area contributed by atoms with Crippen molar-refractivity contribution < 1.29 is 33.5 Å². The van der Waals surface area contributed by atoms with Gasteiger partial charge in [0.1, 0.15) is 17.7 Å². The van der Waals surface area contributed by atoms with Gasteiger partial charge in [0.15, 0.2) is 0 Å². The number of nitrogens with two attached hydrogens (primary N) is 1. The van der Waals surface area contributed by atoms with Crippen LogP contribution in [-0.2, 0) is 36.8 Å². The van der Waals surface area contributed by atoms with Crippen LogP contribution in [0.15, 0.2) is 85.1 Å². The molecule has 0 saturated carbocycles. The summed E-state index contributed by atoms with van der Waals surface area (Å²) in [4.78, 5) is 84.0.